The van der Waals surface area contributed by atoms with Gasteiger partial charge in [0.25, 0.3) is 0 Å². The first-order valence-corrected chi connectivity index (χ1v) is 6.20. The predicted molar refractivity (Wildman–Crippen MR) is 72.5 cm³/mol. The Kier molecular flexibility index (Phi) is 3.19. The van der Waals surface area contributed by atoms with Crippen molar-refractivity contribution in [2.24, 2.45) is 0 Å². The molecule has 3 rings (SSSR count). The number of aromatic nitrogens is 4. The molecule has 106 valence electrons. The minimum Gasteiger partial charge on any atom is -0.337 e. The summed E-state index contributed by atoms with van der Waals surface area (Å²) in [6, 6.07) is 9.41. The Labute approximate surface area is 119 Å². The molecule has 0 aliphatic carbocycles. The topological polar surface area (TPSA) is 99.9 Å². The minimum atomic E-state index is -0.470. The summed E-state index contributed by atoms with van der Waals surface area (Å²) in [5.41, 5.74) is 1.16. The van der Waals surface area contributed by atoms with E-state index in [0.29, 0.717) is 17.4 Å². The summed E-state index contributed by atoms with van der Waals surface area (Å²) < 4.78 is 6.55. The van der Waals surface area contributed by atoms with Crippen molar-refractivity contribution >= 4 is 5.69 Å². The number of hydrogen-bond donors (Lipinski definition) is 0. The Balaban J connectivity index is 1.82. The van der Waals surface area contributed by atoms with Crippen LogP contribution in [0.1, 0.15) is 11.6 Å². The van der Waals surface area contributed by atoms with Gasteiger partial charge >= 0.3 is 5.69 Å². The Morgan fingerprint density at radius 3 is 2.76 bits per heavy atom. The largest absolute Gasteiger partial charge is 0.337 e. The van der Waals surface area contributed by atoms with Crippen LogP contribution in [0.3, 0.4) is 0 Å². The minimum absolute atomic E-state index is 0.0298. The number of nitrogens with zero attached hydrogens (tertiary/aromatic N) is 5. The molecule has 0 saturated heterocycles. The number of nitro groups is 1. The summed E-state index contributed by atoms with van der Waals surface area (Å²) in [5, 5.41) is 18.7. The molecule has 0 amide bonds. The summed E-state index contributed by atoms with van der Waals surface area (Å²) in [5.74, 6) is 0.815. The third-order valence-electron chi connectivity index (χ3n) is 2.91. The van der Waals surface area contributed by atoms with Crippen LogP contribution >= 0.6 is 0 Å². The highest BCUT2D eigenvalue weighted by molar-refractivity contribution is 5.53. The highest BCUT2D eigenvalue weighted by Crippen LogP contribution is 2.17. The summed E-state index contributed by atoms with van der Waals surface area (Å²) in [7, 11) is 0. The van der Waals surface area contributed by atoms with Crippen molar-refractivity contribution in [3.63, 3.8) is 0 Å². The van der Waals surface area contributed by atoms with Crippen LogP contribution in [-0.4, -0.2) is 24.8 Å². The number of hydrogen-bond acceptors (Lipinski definition) is 6. The van der Waals surface area contributed by atoms with E-state index in [9.17, 15) is 10.1 Å². The SMILES string of the molecule is Cc1nn(Cc2nc(-c3ccccc3)no2)cc1[N+](=O)[O-]. The van der Waals surface area contributed by atoms with Gasteiger partial charge in [-0.2, -0.15) is 10.1 Å². The molecule has 21 heavy (non-hydrogen) atoms. The van der Waals surface area contributed by atoms with Crippen LogP contribution in [0.25, 0.3) is 11.4 Å². The van der Waals surface area contributed by atoms with E-state index in [1.54, 1.807) is 6.92 Å². The van der Waals surface area contributed by atoms with Gasteiger partial charge in [-0.1, -0.05) is 35.5 Å². The van der Waals surface area contributed by atoms with E-state index < -0.39 is 4.92 Å². The van der Waals surface area contributed by atoms with Gasteiger partial charge in [0.1, 0.15) is 18.4 Å². The lowest BCUT2D eigenvalue weighted by atomic mass is 10.2. The van der Waals surface area contributed by atoms with Crippen molar-refractivity contribution in [1.29, 1.82) is 0 Å². The molecule has 0 saturated carbocycles. The third-order valence-corrected chi connectivity index (χ3v) is 2.91. The maximum atomic E-state index is 10.8. The molecular formula is C13H11N5O3. The van der Waals surface area contributed by atoms with Gasteiger partial charge < -0.3 is 4.52 Å². The zero-order chi connectivity index (χ0) is 14.8. The molecule has 0 aliphatic rings. The molecule has 0 fully saturated rings. The lowest BCUT2D eigenvalue weighted by Crippen LogP contribution is -2.00. The molecular weight excluding hydrogens is 274 g/mol. The van der Waals surface area contributed by atoms with Crippen LogP contribution < -0.4 is 0 Å². The molecule has 0 unspecified atom stereocenters. The maximum absolute atomic E-state index is 10.8. The molecule has 0 bridgehead atoms. The normalized spacial score (nSPS) is 10.7. The van der Waals surface area contributed by atoms with E-state index in [4.69, 9.17) is 4.52 Å². The van der Waals surface area contributed by atoms with E-state index in [0.717, 1.165) is 5.56 Å². The maximum Gasteiger partial charge on any atom is 0.309 e. The molecule has 2 heterocycles. The first kappa shape index (κ1) is 13.0. The van der Waals surface area contributed by atoms with Crippen LogP contribution in [0.5, 0.6) is 0 Å². The van der Waals surface area contributed by atoms with Crippen molar-refractivity contribution in [3.8, 4) is 11.4 Å². The zero-order valence-electron chi connectivity index (χ0n) is 11.1. The van der Waals surface area contributed by atoms with Gasteiger partial charge in [0.15, 0.2) is 0 Å². The molecule has 8 heteroatoms. The van der Waals surface area contributed by atoms with Crippen LogP contribution in [0.15, 0.2) is 41.1 Å². The number of benzene rings is 1. The second kappa shape index (κ2) is 5.16. The second-order valence-electron chi connectivity index (χ2n) is 4.43. The zero-order valence-corrected chi connectivity index (χ0v) is 11.1. The van der Waals surface area contributed by atoms with Gasteiger partial charge in [0, 0.05) is 5.56 Å². The fraction of sp³-hybridized carbons (Fsp3) is 0.154. The van der Waals surface area contributed by atoms with E-state index in [1.165, 1.54) is 10.9 Å². The molecule has 0 N–H and O–H groups in total. The van der Waals surface area contributed by atoms with Crippen LogP contribution in [0.4, 0.5) is 5.69 Å². The van der Waals surface area contributed by atoms with Gasteiger partial charge in [-0.25, -0.2) is 0 Å². The predicted octanol–water partition coefficient (Wildman–Crippen LogP) is 2.20. The first-order valence-electron chi connectivity index (χ1n) is 6.20. The van der Waals surface area contributed by atoms with Gasteiger partial charge in [0.05, 0.1) is 4.92 Å². The molecule has 0 aliphatic heterocycles. The number of rotatable bonds is 4. The summed E-state index contributed by atoms with van der Waals surface area (Å²) in [4.78, 5) is 14.6. The van der Waals surface area contributed by atoms with E-state index in [1.807, 2.05) is 30.3 Å². The van der Waals surface area contributed by atoms with Crippen LogP contribution in [0, 0.1) is 17.0 Å². The molecule has 2 aromatic heterocycles. The van der Waals surface area contributed by atoms with E-state index in [2.05, 4.69) is 15.2 Å². The molecule has 0 radical (unpaired) electrons. The lowest BCUT2D eigenvalue weighted by molar-refractivity contribution is -0.385. The molecule has 0 spiro atoms. The van der Waals surface area contributed by atoms with Crippen molar-refractivity contribution in [1.82, 2.24) is 19.9 Å². The Morgan fingerprint density at radius 2 is 2.10 bits per heavy atom. The molecule has 1 aromatic carbocycles. The molecule has 8 nitrogen and oxygen atoms in total. The van der Waals surface area contributed by atoms with E-state index in [-0.39, 0.29) is 12.2 Å². The molecule has 0 atom stereocenters. The van der Waals surface area contributed by atoms with Crippen molar-refractivity contribution in [3.05, 3.63) is 58.2 Å². The monoisotopic (exact) mass is 285 g/mol. The lowest BCUT2D eigenvalue weighted by Gasteiger charge is -1.93. The van der Waals surface area contributed by atoms with Crippen LogP contribution in [0.2, 0.25) is 0 Å². The van der Waals surface area contributed by atoms with Crippen LogP contribution in [-0.2, 0) is 6.54 Å². The smallest absolute Gasteiger partial charge is 0.309 e. The van der Waals surface area contributed by atoms with Gasteiger partial charge in [0.2, 0.25) is 11.7 Å². The quantitative estimate of drug-likeness (QED) is 0.538. The van der Waals surface area contributed by atoms with Gasteiger partial charge in [-0.15, -0.1) is 0 Å². The summed E-state index contributed by atoms with van der Waals surface area (Å²) in [6.07, 6.45) is 1.35. The highest BCUT2D eigenvalue weighted by atomic mass is 16.6. The summed E-state index contributed by atoms with van der Waals surface area (Å²) >= 11 is 0. The van der Waals surface area contributed by atoms with E-state index >= 15 is 0 Å². The number of aryl methyl sites for hydroxylation is 1. The second-order valence-corrected chi connectivity index (χ2v) is 4.43. The Hall–Kier alpha value is -3.03. The summed E-state index contributed by atoms with van der Waals surface area (Å²) in [6.45, 7) is 1.77. The average Bonchev–Trinajstić information content (AvgIpc) is 3.07. The Bertz CT molecular complexity index is 778. The Morgan fingerprint density at radius 1 is 1.33 bits per heavy atom. The van der Waals surface area contributed by atoms with Crippen molar-refractivity contribution < 1.29 is 9.45 Å². The van der Waals surface area contributed by atoms with Gasteiger partial charge in [-0.05, 0) is 6.92 Å². The van der Waals surface area contributed by atoms with Gasteiger partial charge in [-0.3, -0.25) is 14.8 Å². The molecule has 3 aromatic rings. The fourth-order valence-corrected chi connectivity index (χ4v) is 1.93. The standard InChI is InChI=1S/C13H11N5O3/c1-9-11(18(19)20)7-17(15-9)8-12-14-13(16-21-12)10-5-3-2-4-6-10/h2-7H,8H2,1H3. The van der Waals surface area contributed by atoms with Crippen molar-refractivity contribution in [2.75, 3.05) is 0 Å². The van der Waals surface area contributed by atoms with Crippen molar-refractivity contribution in [2.45, 2.75) is 13.5 Å². The fourth-order valence-electron chi connectivity index (χ4n) is 1.93. The third kappa shape index (κ3) is 2.64. The average molecular weight is 285 g/mol. The highest BCUT2D eigenvalue weighted by Gasteiger charge is 2.17. The first-order chi connectivity index (χ1) is 10.1.